The molecule has 3 fully saturated rings. The van der Waals surface area contributed by atoms with Crippen molar-refractivity contribution in [3.8, 4) is 0 Å². The van der Waals surface area contributed by atoms with Crippen LogP contribution in [0.2, 0.25) is 0 Å². The molecule has 5 rings (SSSR count). The second-order valence-electron chi connectivity index (χ2n) is 9.62. The summed E-state index contributed by atoms with van der Waals surface area (Å²) in [6, 6.07) is 4.47. The topological polar surface area (TPSA) is 75.6 Å². The van der Waals surface area contributed by atoms with Crippen LogP contribution in [0.1, 0.15) is 63.0 Å². The number of likely N-dealkylation sites (tertiary alicyclic amines) is 1. The molecule has 4 heterocycles. The number of anilines is 1. The molecule has 4 aliphatic rings. The number of fused-ring (bicyclic) bond motifs is 4. The van der Waals surface area contributed by atoms with Crippen molar-refractivity contribution in [2.24, 2.45) is 5.92 Å². The van der Waals surface area contributed by atoms with Gasteiger partial charge < -0.3 is 19.9 Å². The molecule has 1 aromatic rings. The Hall–Kier alpha value is -1.86. The number of aromatic nitrogens is 1. The highest BCUT2D eigenvalue weighted by atomic mass is 16.5. The third kappa shape index (κ3) is 4.14. The molecule has 2 N–H and O–H groups in total. The molecular weight excluding hydrogens is 380 g/mol. The van der Waals surface area contributed by atoms with Crippen LogP contribution < -0.4 is 16.2 Å². The van der Waals surface area contributed by atoms with Crippen LogP contribution >= 0.6 is 0 Å². The van der Waals surface area contributed by atoms with E-state index in [9.17, 15) is 9.59 Å². The van der Waals surface area contributed by atoms with Gasteiger partial charge >= 0.3 is 6.03 Å². The number of hydrogen-bond acceptors (Lipinski definition) is 4. The normalized spacial score (nSPS) is 28.0. The molecule has 164 valence electrons. The summed E-state index contributed by atoms with van der Waals surface area (Å²) in [7, 11) is 0. The number of rotatable bonds is 3. The van der Waals surface area contributed by atoms with E-state index >= 15 is 0 Å². The predicted octanol–water partition coefficient (Wildman–Crippen LogP) is 2.90. The predicted molar refractivity (Wildman–Crippen MR) is 116 cm³/mol. The van der Waals surface area contributed by atoms with Crippen molar-refractivity contribution in [3.63, 3.8) is 0 Å². The van der Waals surface area contributed by atoms with Crippen LogP contribution in [-0.2, 0) is 11.3 Å². The minimum absolute atomic E-state index is 0.0551. The third-order valence-corrected chi connectivity index (χ3v) is 7.53. The van der Waals surface area contributed by atoms with E-state index in [0.29, 0.717) is 23.6 Å². The summed E-state index contributed by atoms with van der Waals surface area (Å²) in [6.45, 7) is 4.57. The SMILES string of the molecule is O=C(Nc1ccc2n(c1=O)C[C@@H]1C[C@@H]2CN(C2CCOCC2)C1)NC1CCCCC1. The highest BCUT2D eigenvalue weighted by Gasteiger charge is 2.37. The Labute approximate surface area is 178 Å². The van der Waals surface area contributed by atoms with E-state index in [4.69, 9.17) is 4.74 Å². The molecule has 30 heavy (non-hydrogen) atoms. The van der Waals surface area contributed by atoms with Crippen LogP contribution in [0, 0.1) is 5.92 Å². The van der Waals surface area contributed by atoms with Crippen molar-refractivity contribution >= 4 is 11.7 Å². The zero-order valence-electron chi connectivity index (χ0n) is 17.8. The first-order valence-corrected chi connectivity index (χ1v) is 11.8. The third-order valence-electron chi connectivity index (χ3n) is 7.53. The zero-order chi connectivity index (χ0) is 20.5. The highest BCUT2D eigenvalue weighted by molar-refractivity contribution is 5.89. The van der Waals surface area contributed by atoms with Gasteiger partial charge in [0, 0.05) is 56.5 Å². The van der Waals surface area contributed by atoms with E-state index in [1.807, 2.05) is 10.6 Å². The summed E-state index contributed by atoms with van der Waals surface area (Å²) in [5.74, 6) is 0.904. The van der Waals surface area contributed by atoms with E-state index in [1.54, 1.807) is 0 Å². The Morgan fingerprint density at radius 2 is 1.80 bits per heavy atom. The summed E-state index contributed by atoms with van der Waals surface area (Å²) >= 11 is 0. The second-order valence-corrected chi connectivity index (χ2v) is 9.62. The minimum atomic E-state index is -0.249. The number of carbonyl (C=O) groups is 1. The molecule has 1 aromatic heterocycles. The number of amides is 2. The van der Waals surface area contributed by atoms with Crippen molar-refractivity contribution in [1.29, 1.82) is 0 Å². The van der Waals surface area contributed by atoms with Crippen LogP contribution in [0.4, 0.5) is 10.5 Å². The lowest BCUT2D eigenvalue weighted by Gasteiger charge is -2.46. The van der Waals surface area contributed by atoms with E-state index in [0.717, 1.165) is 70.6 Å². The fourth-order valence-corrected chi connectivity index (χ4v) is 6.02. The van der Waals surface area contributed by atoms with Crippen LogP contribution in [0.5, 0.6) is 0 Å². The van der Waals surface area contributed by atoms with Gasteiger partial charge in [0.05, 0.1) is 0 Å². The average Bonchev–Trinajstić information content (AvgIpc) is 2.77. The maximum Gasteiger partial charge on any atom is 0.319 e. The molecule has 2 saturated heterocycles. The fourth-order valence-electron chi connectivity index (χ4n) is 6.02. The van der Waals surface area contributed by atoms with E-state index in [-0.39, 0.29) is 17.6 Å². The molecule has 1 aliphatic carbocycles. The summed E-state index contributed by atoms with van der Waals surface area (Å²) in [6.07, 6.45) is 9.04. The van der Waals surface area contributed by atoms with Crippen LogP contribution in [-0.4, -0.2) is 53.9 Å². The number of carbonyl (C=O) groups excluding carboxylic acids is 1. The maximum atomic E-state index is 13.1. The molecule has 2 bridgehead atoms. The van der Waals surface area contributed by atoms with Crippen molar-refractivity contribution < 1.29 is 9.53 Å². The van der Waals surface area contributed by atoms with Crippen molar-refractivity contribution in [2.45, 2.75) is 75.9 Å². The molecule has 0 aromatic carbocycles. The first-order chi connectivity index (χ1) is 14.7. The highest BCUT2D eigenvalue weighted by Crippen LogP contribution is 2.37. The number of urea groups is 1. The fraction of sp³-hybridized carbons (Fsp3) is 0.739. The van der Waals surface area contributed by atoms with Gasteiger partial charge in [-0.05, 0) is 50.2 Å². The van der Waals surface area contributed by atoms with Crippen LogP contribution in [0.15, 0.2) is 16.9 Å². The Balaban J connectivity index is 1.28. The van der Waals surface area contributed by atoms with Gasteiger partial charge in [-0.2, -0.15) is 0 Å². The Kier molecular flexibility index (Phi) is 5.83. The first kappa shape index (κ1) is 20.1. The first-order valence-electron chi connectivity index (χ1n) is 11.8. The lowest BCUT2D eigenvalue weighted by Crippen LogP contribution is -2.52. The zero-order valence-corrected chi connectivity index (χ0v) is 17.8. The summed E-state index contributed by atoms with van der Waals surface area (Å²) in [5.41, 5.74) is 1.47. The summed E-state index contributed by atoms with van der Waals surface area (Å²) < 4.78 is 7.46. The number of nitrogens with zero attached hydrogens (tertiary/aromatic N) is 2. The monoisotopic (exact) mass is 414 g/mol. The van der Waals surface area contributed by atoms with Gasteiger partial charge in [-0.15, -0.1) is 0 Å². The van der Waals surface area contributed by atoms with Gasteiger partial charge in [-0.1, -0.05) is 19.3 Å². The lowest BCUT2D eigenvalue weighted by atomic mass is 9.82. The Morgan fingerprint density at radius 1 is 1.00 bits per heavy atom. The largest absolute Gasteiger partial charge is 0.381 e. The average molecular weight is 415 g/mol. The number of ether oxygens (including phenoxy) is 1. The van der Waals surface area contributed by atoms with Crippen molar-refractivity contribution in [3.05, 3.63) is 28.2 Å². The van der Waals surface area contributed by atoms with Gasteiger partial charge in [0.25, 0.3) is 5.56 Å². The number of hydrogen-bond donors (Lipinski definition) is 2. The quantitative estimate of drug-likeness (QED) is 0.798. The minimum Gasteiger partial charge on any atom is -0.381 e. The molecule has 7 nitrogen and oxygen atoms in total. The van der Waals surface area contributed by atoms with Gasteiger partial charge in [0.15, 0.2) is 0 Å². The molecule has 3 aliphatic heterocycles. The molecule has 2 atom stereocenters. The molecular formula is C23H34N4O3. The Morgan fingerprint density at radius 3 is 2.60 bits per heavy atom. The molecule has 0 radical (unpaired) electrons. The molecule has 2 amide bonds. The number of nitrogens with one attached hydrogen (secondary N) is 2. The summed E-state index contributed by atoms with van der Waals surface area (Å²) in [5, 5.41) is 5.87. The van der Waals surface area contributed by atoms with Gasteiger partial charge in [0.2, 0.25) is 0 Å². The standard InChI is InChI=1S/C23H34N4O3/c28-22-20(25-23(29)24-18-4-2-1-3-5-18)6-7-21-17-12-16(14-27(21)22)13-26(15-17)19-8-10-30-11-9-19/h6-7,16-19H,1-5,8-15H2,(H2,24,25,29)/t16-,17-/m1/s1. The summed E-state index contributed by atoms with van der Waals surface area (Å²) in [4.78, 5) is 28.2. The Bertz CT molecular complexity index is 826. The van der Waals surface area contributed by atoms with Crippen molar-refractivity contribution in [2.75, 3.05) is 31.6 Å². The van der Waals surface area contributed by atoms with Crippen molar-refractivity contribution in [1.82, 2.24) is 14.8 Å². The van der Waals surface area contributed by atoms with Gasteiger partial charge in [-0.3, -0.25) is 9.69 Å². The van der Waals surface area contributed by atoms with Gasteiger partial charge in [0.1, 0.15) is 5.69 Å². The van der Waals surface area contributed by atoms with Crippen LogP contribution in [0.25, 0.3) is 0 Å². The molecule has 0 unspecified atom stereocenters. The molecule has 0 spiro atoms. The van der Waals surface area contributed by atoms with E-state index < -0.39 is 0 Å². The number of piperidine rings is 1. The maximum absolute atomic E-state index is 13.1. The van der Waals surface area contributed by atoms with E-state index in [1.165, 1.54) is 19.3 Å². The smallest absolute Gasteiger partial charge is 0.319 e. The second kappa shape index (κ2) is 8.71. The lowest BCUT2D eigenvalue weighted by molar-refractivity contribution is 0.00589. The number of pyridine rings is 1. The molecule has 1 saturated carbocycles. The molecule has 7 heteroatoms. The van der Waals surface area contributed by atoms with Gasteiger partial charge in [-0.25, -0.2) is 4.79 Å². The van der Waals surface area contributed by atoms with E-state index in [2.05, 4.69) is 21.6 Å². The van der Waals surface area contributed by atoms with Crippen LogP contribution in [0.3, 0.4) is 0 Å².